The van der Waals surface area contributed by atoms with Gasteiger partial charge < -0.3 is 0 Å². The van der Waals surface area contributed by atoms with Gasteiger partial charge in [0.1, 0.15) is 5.69 Å². The van der Waals surface area contributed by atoms with Crippen molar-refractivity contribution in [2.75, 3.05) is 0 Å². The molecule has 2 nitrogen and oxygen atoms in total. The summed E-state index contributed by atoms with van der Waals surface area (Å²) in [5.41, 5.74) is 3.90. The predicted octanol–water partition coefficient (Wildman–Crippen LogP) is 3.59. The lowest BCUT2D eigenvalue weighted by Crippen LogP contribution is -1.96. The molecule has 1 aromatic carbocycles. The van der Waals surface area contributed by atoms with Crippen LogP contribution in [0.4, 0.5) is 0 Å². The molecule has 0 spiro atoms. The van der Waals surface area contributed by atoms with Gasteiger partial charge in [0.15, 0.2) is 0 Å². The molecule has 1 heterocycles. The highest BCUT2D eigenvalue weighted by Crippen LogP contribution is 2.11. The molecule has 2 rings (SSSR count). The molecular formula is C16H15NO. The van der Waals surface area contributed by atoms with E-state index in [4.69, 9.17) is 0 Å². The van der Waals surface area contributed by atoms with Crippen molar-refractivity contribution in [1.29, 1.82) is 0 Å². The molecule has 0 amide bonds. The molecule has 0 saturated carbocycles. The Labute approximate surface area is 107 Å². The van der Waals surface area contributed by atoms with E-state index in [9.17, 15) is 4.79 Å². The van der Waals surface area contributed by atoms with E-state index in [1.807, 2.05) is 26.0 Å². The Kier molecular flexibility index (Phi) is 3.68. The van der Waals surface area contributed by atoms with E-state index in [2.05, 4.69) is 23.2 Å². The number of aryl methyl sites for hydroxylation is 2. The molecule has 0 fully saturated rings. The summed E-state index contributed by atoms with van der Waals surface area (Å²) in [6, 6.07) is 11.5. The lowest BCUT2D eigenvalue weighted by atomic mass is 10.1. The van der Waals surface area contributed by atoms with E-state index < -0.39 is 0 Å². The molecule has 18 heavy (non-hydrogen) atoms. The molecule has 2 aromatic rings. The van der Waals surface area contributed by atoms with Crippen LogP contribution in [0.1, 0.15) is 27.2 Å². The Bertz CT molecular complexity index is 565. The molecule has 0 aliphatic rings. The summed E-state index contributed by atoms with van der Waals surface area (Å²) in [6.07, 6.45) is 5.02. The van der Waals surface area contributed by atoms with Crippen LogP contribution >= 0.6 is 0 Å². The van der Waals surface area contributed by atoms with Gasteiger partial charge in [-0.3, -0.25) is 9.78 Å². The standard InChI is InChI=1S/C16H15NO/c1-12-9-13(2)11-14(10-12)6-7-16(18)15-5-3-4-8-17-15/h3-11H,1-2H3/b7-6+. The number of nitrogens with zero attached hydrogens (tertiary/aromatic N) is 1. The third-order valence-electron chi connectivity index (χ3n) is 2.59. The molecule has 0 N–H and O–H groups in total. The predicted molar refractivity (Wildman–Crippen MR) is 73.5 cm³/mol. The lowest BCUT2D eigenvalue weighted by Gasteiger charge is -1.99. The Morgan fingerprint density at radius 2 is 1.83 bits per heavy atom. The largest absolute Gasteiger partial charge is 0.288 e. The number of pyridine rings is 1. The number of benzene rings is 1. The number of aromatic nitrogens is 1. The van der Waals surface area contributed by atoms with Crippen LogP contribution in [0.2, 0.25) is 0 Å². The first-order valence-corrected chi connectivity index (χ1v) is 5.87. The van der Waals surface area contributed by atoms with Crippen LogP contribution in [0.25, 0.3) is 6.08 Å². The third kappa shape index (κ3) is 3.14. The van der Waals surface area contributed by atoms with Gasteiger partial charge in [-0.25, -0.2) is 0 Å². The number of rotatable bonds is 3. The maximum atomic E-state index is 11.8. The van der Waals surface area contributed by atoms with E-state index >= 15 is 0 Å². The van der Waals surface area contributed by atoms with Crippen LogP contribution < -0.4 is 0 Å². The maximum Gasteiger partial charge on any atom is 0.204 e. The minimum Gasteiger partial charge on any atom is -0.288 e. The second-order valence-corrected chi connectivity index (χ2v) is 4.33. The molecule has 1 aromatic heterocycles. The fraction of sp³-hybridized carbons (Fsp3) is 0.125. The van der Waals surface area contributed by atoms with Crippen molar-refractivity contribution in [2.24, 2.45) is 0 Å². The average Bonchev–Trinajstić information content (AvgIpc) is 2.36. The molecular weight excluding hydrogens is 222 g/mol. The van der Waals surface area contributed by atoms with Crippen LogP contribution in [0, 0.1) is 13.8 Å². The van der Waals surface area contributed by atoms with Crippen molar-refractivity contribution in [3.8, 4) is 0 Å². The Balaban J connectivity index is 2.18. The molecule has 0 saturated heterocycles. The van der Waals surface area contributed by atoms with Crippen LogP contribution in [-0.2, 0) is 0 Å². The van der Waals surface area contributed by atoms with E-state index in [1.165, 1.54) is 11.1 Å². The quantitative estimate of drug-likeness (QED) is 0.603. The zero-order chi connectivity index (χ0) is 13.0. The van der Waals surface area contributed by atoms with Gasteiger partial charge in [-0.1, -0.05) is 41.5 Å². The second-order valence-electron chi connectivity index (χ2n) is 4.33. The van der Waals surface area contributed by atoms with Gasteiger partial charge in [0.25, 0.3) is 0 Å². The van der Waals surface area contributed by atoms with E-state index in [-0.39, 0.29) is 5.78 Å². The normalized spacial score (nSPS) is 10.8. The van der Waals surface area contributed by atoms with Gasteiger partial charge in [0.05, 0.1) is 0 Å². The van der Waals surface area contributed by atoms with Crippen LogP contribution in [-0.4, -0.2) is 10.8 Å². The van der Waals surface area contributed by atoms with Crippen molar-refractivity contribution in [2.45, 2.75) is 13.8 Å². The summed E-state index contributed by atoms with van der Waals surface area (Å²) >= 11 is 0. The molecule has 90 valence electrons. The summed E-state index contributed by atoms with van der Waals surface area (Å²) in [6.45, 7) is 4.09. The van der Waals surface area contributed by atoms with Crippen molar-refractivity contribution < 1.29 is 4.79 Å². The van der Waals surface area contributed by atoms with Gasteiger partial charge in [0, 0.05) is 6.20 Å². The first-order chi connectivity index (χ1) is 8.65. The number of hydrogen-bond acceptors (Lipinski definition) is 2. The van der Waals surface area contributed by atoms with Crippen molar-refractivity contribution in [3.63, 3.8) is 0 Å². The number of carbonyl (C=O) groups excluding carboxylic acids is 1. The summed E-state index contributed by atoms with van der Waals surface area (Å²) in [5, 5.41) is 0. The van der Waals surface area contributed by atoms with Crippen LogP contribution in [0.15, 0.2) is 48.7 Å². The molecule has 2 heteroatoms. The highest BCUT2D eigenvalue weighted by molar-refractivity contribution is 6.05. The topological polar surface area (TPSA) is 30.0 Å². The molecule has 0 aliphatic carbocycles. The fourth-order valence-electron chi connectivity index (χ4n) is 1.87. The SMILES string of the molecule is Cc1cc(C)cc(/C=C/C(=O)c2ccccn2)c1. The minimum absolute atomic E-state index is 0.0743. The van der Waals surface area contributed by atoms with Gasteiger partial charge >= 0.3 is 0 Å². The number of allylic oxidation sites excluding steroid dienone is 1. The molecule has 0 unspecified atom stereocenters. The summed E-state index contributed by atoms with van der Waals surface area (Å²) < 4.78 is 0. The van der Waals surface area contributed by atoms with E-state index in [1.54, 1.807) is 24.4 Å². The number of carbonyl (C=O) groups is 1. The van der Waals surface area contributed by atoms with Gasteiger partial charge in [0.2, 0.25) is 5.78 Å². The fourth-order valence-corrected chi connectivity index (χ4v) is 1.87. The zero-order valence-corrected chi connectivity index (χ0v) is 10.6. The van der Waals surface area contributed by atoms with Gasteiger partial charge in [-0.15, -0.1) is 0 Å². The molecule has 0 aliphatic heterocycles. The highest BCUT2D eigenvalue weighted by atomic mass is 16.1. The summed E-state index contributed by atoms with van der Waals surface area (Å²) in [4.78, 5) is 15.9. The zero-order valence-electron chi connectivity index (χ0n) is 10.6. The van der Waals surface area contributed by atoms with Crippen molar-refractivity contribution >= 4 is 11.9 Å². The Hall–Kier alpha value is -2.22. The van der Waals surface area contributed by atoms with E-state index in [0.29, 0.717) is 5.69 Å². The van der Waals surface area contributed by atoms with Crippen molar-refractivity contribution in [1.82, 2.24) is 4.98 Å². The summed E-state index contributed by atoms with van der Waals surface area (Å²) in [5.74, 6) is -0.0743. The first kappa shape index (κ1) is 12.2. The number of ketones is 1. The maximum absolute atomic E-state index is 11.8. The van der Waals surface area contributed by atoms with Crippen molar-refractivity contribution in [3.05, 3.63) is 71.1 Å². The molecule has 0 atom stereocenters. The van der Waals surface area contributed by atoms with Crippen LogP contribution in [0.5, 0.6) is 0 Å². The Morgan fingerprint density at radius 1 is 1.11 bits per heavy atom. The Morgan fingerprint density at radius 3 is 2.44 bits per heavy atom. The third-order valence-corrected chi connectivity index (χ3v) is 2.59. The van der Waals surface area contributed by atoms with Gasteiger partial charge in [-0.05, 0) is 37.6 Å². The average molecular weight is 237 g/mol. The molecule has 0 radical (unpaired) electrons. The number of hydrogen-bond donors (Lipinski definition) is 0. The van der Waals surface area contributed by atoms with Gasteiger partial charge in [-0.2, -0.15) is 0 Å². The minimum atomic E-state index is -0.0743. The lowest BCUT2D eigenvalue weighted by molar-refractivity contribution is 0.104. The molecule has 0 bridgehead atoms. The second kappa shape index (κ2) is 5.41. The smallest absolute Gasteiger partial charge is 0.204 e. The first-order valence-electron chi connectivity index (χ1n) is 5.87. The monoisotopic (exact) mass is 237 g/mol. The van der Waals surface area contributed by atoms with Crippen LogP contribution in [0.3, 0.4) is 0 Å². The highest BCUT2D eigenvalue weighted by Gasteiger charge is 2.01. The summed E-state index contributed by atoms with van der Waals surface area (Å²) in [7, 11) is 0. The van der Waals surface area contributed by atoms with E-state index in [0.717, 1.165) is 5.56 Å².